The van der Waals surface area contributed by atoms with Gasteiger partial charge in [0.15, 0.2) is 0 Å². The van der Waals surface area contributed by atoms with Gasteiger partial charge in [0.1, 0.15) is 0 Å². The van der Waals surface area contributed by atoms with Gasteiger partial charge in [-0.05, 0) is 12.8 Å². The lowest BCUT2D eigenvalue weighted by Crippen LogP contribution is -2.40. The van der Waals surface area contributed by atoms with Gasteiger partial charge in [-0.1, -0.05) is 31.8 Å². The lowest BCUT2D eigenvalue weighted by Gasteiger charge is -2.26. The fourth-order valence-corrected chi connectivity index (χ4v) is 1.97. The Kier molecular flexibility index (Phi) is 4.46. The van der Waals surface area contributed by atoms with Crippen LogP contribution >= 0.6 is 0 Å². The molecule has 0 radical (unpaired) electrons. The minimum atomic E-state index is -0.445. The second kappa shape index (κ2) is 5.40. The predicted molar refractivity (Wildman–Crippen MR) is 55.7 cm³/mol. The van der Waals surface area contributed by atoms with Crippen LogP contribution in [0.1, 0.15) is 38.5 Å². The van der Waals surface area contributed by atoms with Crippen LogP contribution in [0.5, 0.6) is 0 Å². The van der Waals surface area contributed by atoms with E-state index in [1.165, 1.54) is 25.7 Å². The van der Waals surface area contributed by atoms with Crippen molar-refractivity contribution in [1.29, 1.82) is 0 Å². The average Bonchev–Trinajstić information content (AvgIpc) is 2.31. The molecule has 0 heterocycles. The Morgan fingerprint density at radius 1 is 1.23 bits per heavy atom. The molecule has 76 valence electrons. The van der Waals surface area contributed by atoms with Gasteiger partial charge in [0.05, 0.1) is 5.60 Å². The molecule has 2 nitrogen and oxygen atoms in total. The molecule has 1 aliphatic rings. The van der Waals surface area contributed by atoms with Gasteiger partial charge in [0, 0.05) is 13.1 Å². The first-order valence-electron chi connectivity index (χ1n) is 5.31. The van der Waals surface area contributed by atoms with E-state index in [2.05, 4.69) is 11.9 Å². The molecule has 0 aromatic heterocycles. The Balaban J connectivity index is 2.28. The van der Waals surface area contributed by atoms with E-state index in [4.69, 9.17) is 0 Å². The van der Waals surface area contributed by atoms with E-state index in [0.717, 1.165) is 25.9 Å². The van der Waals surface area contributed by atoms with E-state index in [1.54, 1.807) is 0 Å². The standard InChI is InChI=1S/C11H21NO/c1-2-9-12-10-11(13)7-5-3-4-6-8-11/h2,12-13H,1,3-10H2. The van der Waals surface area contributed by atoms with Gasteiger partial charge in [0.2, 0.25) is 0 Å². The van der Waals surface area contributed by atoms with E-state index in [9.17, 15) is 5.11 Å². The molecule has 0 atom stereocenters. The first-order chi connectivity index (χ1) is 6.27. The Hall–Kier alpha value is -0.340. The summed E-state index contributed by atoms with van der Waals surface area (Å²) in [5.41, 5.74) is -0.445. The van der Waals surface area contributed by atoms with Crippen LogP contribution in [0.15, 0.2) is 12.7 Å². The highest BCUT2D eigenvalue weighted by Gasteiger charge is 2.26. The molecule has 13 heavy (non-hydrogen) atoms. The molecule has 0 aliphatic heterocycles. The molecule has 0 spiro atoms. The summed E-state index contributed by atoms with van der Waals surface area (Å²) < 4.78 is 0. The van der Waals surface area contributed by atoms with Crippen LogP contribution in [0.25, 0.3) is 0 Å². The fourth-order valence-electron chi connectivity index (χ4n) is 1.97. The largest absolute Gasteiger partial charge is 0.389 e. The number of nitrogens with one attached hydrogen (secondary N) is 1. The molecule has 0 saturated heterocycles. The first-order valence-corrected chi connectivity index (χ1v) is 5.31. The highest BCUT2D eigenvalue weighted by atomic mass is 16.3. The number of rotatable bonds is 4. The van der Waals surface area contributed by atoms with Crippen molar-refractivity contribution in [3.05, 3.63) is 12.7 Å². The Morgan fingerprint density at radius 3 is 2.38 bits per heavy atom. The Bertz CT molecular complexity index is 148. The Labute approximate surface area is 81.0 Å². The lowest BCUT2D eigenvalue weighted by atomic mass is 9.94. The molecule has 0 bridgehead atoms. The van der Waals surface area contributed by atoms with Crippen molar-refractivity contribution in [2.24, 2.45) is 0 Å². The van der Waals surface area contributed by atoms with Crippen molar-refractivity contribution in [2.75, 3.05) is 13.1 Å². The minimum absolute atomic E-state index is 0.445. The molecule has 0 aromatic rings. The Morgan fingerprint density at radius 2 is 1.85 bits per heavy atom. The molecule has 1 saturated carbocycles. The molecule has 2 N–H and O–H groups in total. The number of hydrogen-bond donors (Lipinski definition) is 2. The monoisotopic (exact) mass is 183 g/mol. The van der Waals surface area contributed by atoms with Gasteiger partial charge in [-0.3, -0.25) is 0 Å². The third-order valence-electron chi connectivity index (χ3n) is 2.78. The van der Waals surface area contributed by atoms with Crippen molar-refractivity contribution in [3.63, 3.8) is 0 Å². The summed E-state index contributed by atoms with van der Waals surface area (Å²) in [4.78, 5) is 0. The molecule has 1 rings (SSSR count). The van der Waals surface area contributed by atoms with Crippen LogP contribution in [0, 0.1) is 0 Å². The maximum atomic E-state index is 10.2. The van der Waals surface area contributed by atoms with Crippen LogP contribution in [-0.4, -0.2) is 23.8 Å². The smallest absolute Gasteiger partial charge is 0.0771 e. The van der Waals surface area contributed by atoms with Gasteiger partial charge in [-0.15, -0.1) is 6.58 Å². The van der Waals surface area contributed by atoms with E-state index >= 15 is 0 Å². The average molecular weight is 183 g/mol. The second-order valence-electron chi connectivity index (χ2n) is 4.06. The van der Waals surface area contributed by atoms with Crippen molar-refractivity contribution in [2.45, 2.75) is 44.1 Å². The topological polar surface area (TPSA) is 32.3 Å². The van der Waals surface area contributed by atoms with Crippen LogP contribution in [-0.2, 0) is 0 Å². The maximum absolute atomic E-state index is 10.2. The van der Waals surface area contributed by atoms with Crippen molar-refractivity contribution >= 4 is 0 Å². The lowest BCUT2D eigenvalue weighted by molar-refractivity contribution is 0.0262. The molecular formula is C11H21NO. The van der Waals surface area contributed by atoms with Crippen LogP contribution < -0.4 is 5.32 Å². The second-order valence-corrected chi connectivity index (χ2v) is 4.06. The van der Waals surface area contributed by atoms with Gasteiger partial charge in [0.25, 0.3) is 0 Å². The van der Waals surface area contributed by atoms with Gasteiger partial charge in [-0.25, -0.2) is 0 Å². The SMILES string of the molecule is C=CCNCC1(O)CCCCCC1. The fraction of sp³-hybridized carbons (Fsp3) is 0.818. The van der Waals surface area contributed by atoms with Crippen LogP contribution in [0.3, 0.4) is 0 Å². The normalized spacial score (nSPS) is 22.2. The quantitative estimate of drug-likeness (QED) is 0.396. The molecule has 2 heteroatoms. The zero-order valence-corrected chi connectivity index (χ0v) is 8.39. The molecule has 0 amide bonds. The summed E-state index contributed by atoms with van der Waals surface area (Å²) in [6.07, 6.45) is 8.65. The number of aliphatic hydroxyl groups is 1. The van der Waals surface area contributed by atoms with Crippen molar-refractivity contribution in [3.8, 4) is 0 Å². The van der Waals surface area contributed by atoms with Gasteiger partial charge < -0.3 is 10.4 Å². The summed E-state index contributed by atoms with van der Waals surface area (Å²) in [6.45, 7) is 5.16. The predicted octanol–water partition coefficient (Wildman–Crippen LogP) is 1.85. The first kappa shape index (κ1) is 10.7. The summed E-state index contributed by atoms with van der Waals surface area (Å²) in [5.74, 6) is 0. The molecule has 0 aromatic carbocycles. The van der Waals surface area contributed by atoms with Crippen LogP contribution in [0.2, 0.25) is 0 Å². The van der Waals surface area contributed by atoms with Crippen molar-refractivity contribution in [1.82, 2.24) is 5.32 Å². The zero-order valence-electron chi connectivity index (χ0n) is 8.39. The minimum Gasteiger partial charge on any atom is -0.389 e. The summed E-state index contributed by atoms with van der Waals surface area (Å²) >= 11 is 0. The third kappa shape index (κ3) is 3.92. The summed E-state index contributed by atoms with van der Waals surface area (Å²) in [7, 11) is 0. The van der Waals surface area contributed by atoms with Crippen molar-refractivity contribution < 1.29 is 5.11 Å². The number of hydrogen-bond acceptors (Lipinski definition) is 2. The van der Waals surface area contributed by atoms with E-state index in [1.807, 2.05) is 6.08 Å². The highest BCUT2D eigenvalue weighted by Crippen LogP contribution is 2.26. The zero-order chi connectivity index (χ0) is 9.57. The molecular weight excluding hydrogens is 162 g/mol. The van der Waals surface area contributed by atoms with E-state index in [-0.39, 0.29) is 0 Å². The molecule has 0 unspecified atom stereocenters. The van der Waals surface area contributed by atoms with Crippen LogP contribution in [0.4, 0.5) is 0 Å². The molecule has 1 fully saturated rings. The highest BCUT2D eigenvalue weighted by molar-refractivity contribution is 4.84. The maximum Gasteiger partial charge on any atom is 0.0771 e. The summed E-state index contributed by atoms with van der Waals surface area (Å²) in [6, 6.07) is 0. The summed E-state index contributed by atoms with van der Waals surface area (Å²) in [5, 5.41) is 13.4. The van der Waals surface area contributed by atoms with Gasteiger partial charge in [-0.2, -0.15) is 0 Å². The molecule has 1 aliphatic carbocycles. The van der Waals surface area contributed by atoms with Gasteiger partial charge >= 0.3 is 0 Å². The van der Waals surface area contributed by atoms with E-state index in [0.29, 0.717) is 0 Å². The van der Waals surface area contributed by atoms with E-state index < -0.39 is 5.60 Å². The third-order valence-corrected chi connectivity index (χ3v) is 2.78.